The average molecular weight is 300 g/mol. The van der Waals surface area contributed by atoms with Gasteiger partial charge in [-0.3, -0.25) is 19.9 Å². The molecule has 1 aliphatic rings. The quantitative estimate of drug-likeness (QED) is 0.582. The number of benzene rings is 3. The van der Waals surface area contributed by atoms with Gasteiger partial charge in [0.15, 0.2) is 0 Å². The molecule has 0 saturated heterocycles. The van der Waals surface area contributed by atoms with Gasteiger partial charge in [-0.05, 0) is 23.8 Å². The minimum atomic E-state index is -0.364. The van der Waals surface area contributed by atoms with Crippen LogP contribution in [0.15, 0.2) is 65.7 Å². The van der Waals surface area contributed by atoms with Crippen molar-refractivity contribution in [2.75, 3.05) is 0 Å². The van der Waals surface area contributed by atoms with Crippen molar-refractivity contribution in [3.05, 3.63) is 77.4 Å². The molecule has 3 aromatic rings. The van der Waals surface area contributed by atoms with Crippen LogP contribution in [0.25, 0.3) is 10.8 Å². The van der Waals surface area contributed by atoms with Crippen molar-refractivity contribution in [2.45, 2.75) is 0 Å². The number of rotatable bonds is 2. The van der Waals surface area contributed by atoms with E-state index < -0.39 is 0 Å². The predicted octanol–water partition coefficient (Wildman–Crippen LogP) is 3.47. The Kier molecular flexibility index (Phi) is 3.01. The lowest BCUT2D eigenvalue weighted by Gasteiger charge is -2.17. The van der Waals surface area contributed by atoms with Gasteiger partial charge in [-0.2, -0.15) is 0 Å². The first-order chi connectivity index (χ1) is 11.2. The maximum atomic E-state index is 12.0. The fraction of sp³-hybridized carbons (Fsp3) is 0. The highest BCUT2D eigenvalue weighted by Crippen LogP contribution is 2.33. The van der Waals surface area contributed by atoms with Gasteiger partial charge in [0.2, 0.25) is 0 Å². The fourth-order valence-electron chi connectivity index (χ4n) is 2.80. The zero-order chi connectivity index (χ0) is 15.8. The van der Waals surface area contributed by atoms with Gasteiger partial charge in [-0.15, -0.1) is 0 Å². The summed E-state index contributed by atoms with van der Waals surface area (Å²) < 4.78 is 0. The molecule has 0 unspecified atom stereocenters. The molecule has 0 saturated carbocycles. The molecular weight excluding hydrogens is 288 g/mol. The highest BCUT2D eigenvalue weighted by atomic mass is 16.2. The minimum absolute atomic E-state index is 0.364. The van der Waals surface area contributed by atoms with Crippen molar-refractivity contribution < 1.29 is 9.59 Å². The number of aliphatic imine (C=N–C) groups is 1. The topological polar surface area (TPSA) is 58.5 Å². The Balaban J connectivity index is 1.91. The van der Waals surface area contributed by atoms with Crippen molar-refractivity contribution in [3.63, 3.8) is 0 Å². The van der Waals surface area contributed by atoms with Crippen molar-refractivity contribution in [1.29, 1.82) is 0 Å². The molecule has 4 heteroatoms. The standard InChI is InChI=1S/C19H12N2O2/c22-18-14-8-4-7-13-16(20-11-12-5-2-1-3-6-12)10-9-15(17(13)14)19(23)21-18/h1-11H,(H,21,22,23). The van der Waals surface area contributed by atoms with Crippen molar-refractivity contribution in [1.82, 2.24) is 5.32 Å². The Morgan fingerprint density at radius 3 is 2.30 bits per heavy atom. The van der Waals surface area contributed by atoms with E-state index in [-0.39, 0.29) is 11.8 Å². The van der Waals surface area contributed by atoms with Gasteiger partial charge in [0.05, 0.1) is 5.69 Å². The van der Waals surface area contributed by atoms with Crippen LogP contribution in [0.1, 0.15) is 26.3 Å². The van der Waals surface area contributed by atoms with Crippen LogP contribution in [-0.2, 0) is 0 Å². The van der Waals surface area contributed by atoms with Crippen molar-refractivity contribution >= 4 is 34.5 Å². The van der Waals surface area contributed by atoms with E-state index in [0.29, 0.717) is 16.5 Å². The molecular formula is C19H12N2O2. The highest BCUT2D eigenvalue weighted by Gasteiger charge is 2.25. The number of hydrogen-bond acceptors (Lipinski definition) is 3. The van der Waals surface area contributed by atoms with E-state index in [2.05, 4.69) is 10.3 Å². The van der Waals surface area contributed by atoms with Crippen LogP contribution in [0, 0.1) is 0 Å². The number of nitrogens with zero attached hydrogens (tertiary/aromatic N) is 1. The summed E-state index contributed by atoms with van der Waals surface area (Å²) in [5.41, 5.74) is 2.74. The lowest BCUT2D eigenvalue weighted by molar-refractivity contribution is 0.0845. The largest absolute Gasteiger partial charge is 0.288 e. The van der Waals surface area contributed by atoms with Gasteiger partial charge < -0.3 is 0 Å². The smallest absolute Gasteiger partial charge is 0.258 e. The molecule has 1 aliphatic heterocycles. The molecule has 0 aliphatic carbocycles. The summed E-state index contributed by atoms with van der Waals surface area (Å²) >= 11 is 0. The van der Waals surface area contributed by atoms with E-state index in [0.717, 1.165) is 16.6 Å². The molecule has 23 heavy (non-hydrogen) atoms. The second-order valence-electron chi connectivity index (χ2n) is 5.31. The van der Waals surface area contributed by atoms with Gasteiger partial charge in [0.25, 0.3) is 11.8 Å². The van der Waals surface area contributed by atoms with E-state index >= 15 is 0 Å². The summed E-state index contributed by atoms with van der Waals surface area (Å²) in [7, 11) is 0. The second-order valence-corrected chi connectivity index (χ2v) is 5.31. The third kappa shape index (κ3) is 2.21. The highest BCUT2D eigenvalue weighted by molar-refractivity contribution is 6.26. The summed E-state index contributed by atoms with van der Waals surface area (Å²) in [6.45, 7) is 0. The molecule has 4 rings (SSSR count). The second kappa shape index (κ2) is 5.18. The third-order valence-electron chi connectivity index (χ3n) is 3.89. The van der Waals surface area contributed by atoms with Gasteiger partial charge >= 0.3 is 0 Å². The van der Waals surface area contributed by atoms with E-state index in [1.54, 1.807) is 30.5 Å². The van der Waals surface area contributed by atoms with Crippen LogP contribution in [0.4, 0.5) is 5.69 Å². The maximum Gasteiger partial charge on any atom is 0.258 e. The molecule has 0 spiro atoms. The van der Waals surface area contributed by atoms with Crippen molar-refractivity contribution in [3.8, 4) is 0 Å². The summed E-state index contributed by atoms with van der Waals surface area (Å²) in [6, 6.07) is 18.7. The Labute approximate surface area is 132 Å². The van der Waals surface area contributed by atoms with Crippen LogP contribution < -0.4 is 5.32 Å². The normalized spacial score (nSPS) is 13.6. The Morgan fingerprint density at radius 1 is 0.783 bits per heavy atom. The van der Waals surface area contributed by atoms with Gasteiger partial charge in [0, 0.05) is 28.1 Å². The zero-order valence-electron chi connectivity index (χ0n) is 12.1. The van der Waals surface area contributed by atoms with Crippen LogP contribution >= 0.6 is 0 Å². The van der Waals surface area contributed by atoms with Gasteiger partial charge in [0.1, 0.15) is 0 Å². The van der Waals surface area contributed by atoms with E-state index in [1.807, 2.05) is 36.4 Å². The number of hydrogen-bond donors (Lipinski definition) is 1. The molecule has 2 amide bonds. The van der Waals surface area contributed by atoms with Crippen LogP contribution in [-0.4, -0.2) is 18.0 Å². The van der Waals surface area contributed by atoms with E-state index in [9.17, 15) is 9.59 Å². The van der Waals surface area contributed by atoms with E-state index in [4.69, 9.17) is 0 Å². The molecule has 0 aromatic heterocycles. The number of amides is 2. The Hall–Kier alpha value is -3.27. The van der Waals surface area contributed by atoms with E-state index in [1.165, 1.54) is 0 Å². The average Bonchev–Trinajstić information content (AvgIpc) is 2.59. The molecule has 0 fully saturated rings. The first-order valence-electron chi connectivity index (χ1n) is 7.24. The monoisotopic (exact) mass is 300 g/mol. The van der Waals surface area contributed by atoms with Crippen LogP contribution in [0.3, 0.4) is 0 Å². The number of imide groups is 1. The number of carbonyl (C=O) groups is 2. The molecule has 3 aromatic carbocycles. The maximum absolute atomic E-state index is 12.0. The number of nitrogens with one attached hydrogen (secondary N) is 1. The fourth-order valence-corrected chi connectivity index (χ4v) is 2.80. The number of carbonyl (C=O) groups excluding carboxylic acids is 2. The summed E-state index contributed by atoms with van der Waals surface area (Å²) in [6.07, 6.45) is 1.77. The molecule has 0 bridgehead atoms. The molecule has 110 valence electrons. The molecule has 1 heterocycles. The summed E-state index contributed by atoms with van der Waals surface area (Å²) in [5, 5.41) is 3.83. The Bertz CT molecular complexity index is 955. The lowest BCUT2D eigenvalue weighted by atomic mass is 9.94. The first-order valence-corrected chi connectivity index (χ1v) is 7.24. The summed E-state index contributed by atoms with van der Waals surface area (Å²) in [5.74, 6) is -0.727. The van der Waals surface area contributed by atoms with Gasteiger partial charge in [-0.25, -0.2) is 0 Å². The molecule has 4 nitrogen and oxygen atoms in total. The molecule has 0 atom stereocenters. The van der Waals surface area contributed by atoms with Crippen LogP contribution in [0.5, 0.6) is 0 Å². The van der Waals surface area contributed by atoms with Crippen molar-refractivity contribution in [2.24, 2.45) is 4.99 Å². The lowest BCUT2D eigenvalue weighted by Crippen LogP contribution is -2.34. The van der Waals surface area contributed by atoms with Gasteiger partial charge in [-0.1, -0.05) is 42.5 Å². The third-order valence-corrected chi connectivity index (χ3v) is 3.89. The molecule has 0 radical (unpaired) electrons. The summed E-state index contributed by atoms with van der Waals surface area (Å²) in [4.78, 5) is 28.5. The zero-order valence-corrected chi connectivity index (χ0v) is 12.1. The minimum Gasteiger partial charge on any atom is -0.288 e. The first kappa shape index (κ1) is 13.4. The van der Waals surface area contributed by atoms with Crippen LogP contribution in [0.2, 0.25) is 0 Å². The Morgan fingerprint density at radius 2 is 1.52 bits per heavy atom. The molecule has 1 N–H and O–H groups in total. The SMILES string of the molecule is O=C1NC(=O)c2ccc(N=Cc3ccccc3)c3cccc1c23. The predicted molar refractivity (Wildman–Crippen MR) is 89.4 cm³/mol.